The van der Waals surface area contributed by atoms with Crippen LogP contribution in [0.15, 0.2) is 48.6 Å². The van der Waals surface area contributed by atoms with Crippen molar-refractivity contribution in [1.82, 2.24) is 0 Å². The summed E-state index contributed by atoms with van der Waals surface area (Å²) in [6, 6.07) is 0. The van der Waals surface area contributed by atoms with Gasteiger partial charge in [0, 0.05) is 12.8 Å². The van der Waals surface area contributed by atoms with E-state index >= 15 is 0 Å². The highest BCUT2D eigenvalue weighted by molar-refractivity contribution is 5.70. The first-order valence-corrected chi connectivity index (χ1v) is 33.2. The molecule has 0 radical (unpaired) electrons. The minimum atomic E-state index is -0.773. The van der Waals surface area contributed by atoms with Gasteiger partial charge in [-0.1, -0.05) is 319 Å². The quantitative estimate of drug-likeness (QED) is 0.0373. The van der Waals surface area contributed by atoms with Gasteiger partial charge in [-0.25, -0.2) is 0 Å². The Balaban J connectivity index is 3.42. The molecule has 5 heteroatoms. The largest absolute Gasteiger partial charge is 0.462 e. The molecule has 0 aromatic rings. The van der Waals surface area contributed by atoms with Gasteiger partial charge in [0.1, 0.15) is 6.61 Å². The molecule has 0 saturated carbocycles. The molecule has 5 nitrogen and oxygen atoms in total. The lowest BCUT2D eigenvalue weighted by atomic mass is 10.0. The van der Waals surface area contributed by atoms with Crippen LogP contribution >= 0.6 is 0 Å². The fourth-order valence-electron chi connectivity index (χ4n) is 10.1. The van der Waals surface area contributed by atoms with Crippen LogP contribution in [0.3, 0.4) is 0 Å². The first-order chi connectivity index (χ1) is 36.6. The van der Waals surface area contributed by atoms with Gasteiger partial charge in [-0.05, 0) is 77.0 Å². The second-order valence-electron chi connectivity index (χ2n) is 22.5. The van der Waals surface area contributed by atoms with E-state index in [2.05, 4.69) is 62.5 Å². The van der Waals surface area contributed by atoms with Crippen LogP contribution in [-0.4, -0.2) is 36.4 Å². The lowest BCUT2D eigenvalue weighted by Gasteiger charge is -2.15. The highest BCUT2D eigenvalue weighted by Gasteiger charge is 2.16. The van der Waals surface area contributed by atoms with Gasteiger partial charge in [-0.2, -0.15) is 0 Å². The van der Waals surface area contributed by atoms with E-state index in [9.17, 15) is 14.7 Å². The fourth-order valence-corrected chi connectivity index (χ4v) is 10.1. The highest BCUT2D eigenvalue weighted by Crippen LogP contribution is 2.18. The van der Waals surface area contributed by atoms with Gasteiger partial charge in [-0.3, -0.25) is 9.59 Å². The van der Waals surface area contributed by atoms with Crippen LogP contribution in [0.2, 0.25) is 0 Å². The van der Waals surface area contributed by atoms with Crippen LogP contribution < -0.4 is 0 Å². The fraction of sp³-hybridized carbons (Fsp3) is 0.855. The molecule has 0 bridgehead atoms. The van der Waals surface area contributed by atoms with E-state index in [0.717, 1.165) is 51.4 Å². The summed E-state index contributed by atoms with van der Waals surface area (Å²) < 4.78 is 10.8. The molecule has 0 saturated heterocycles. The van der Waals surface area contributed by atoms with Crippen molar-refractivity contribution < 1.29 is 24.2 Å². The number of ether oxygens (including phenoxy) is 2. The molecule has 0 aliphatic rings. The molecular formula is C69H128O5. The molecule has 0 amide bonds. The summed E-state index contributed by atoms with van der Waals surface area (Å²) in [6.07, 6.45) is 87.0. The highest BCUT2D eigenvalue weighted by atomic mass is 16.6. The Kier molecular flexibility index (Phi) is 63.3. The molecule has 0 aliphatic heterocycles. The third kappa shape index (κ3) is 62.4. The third-order valence-corrected chi connectivity index (χ3v) is 15.1. The molecule has 0 heterocycles. The summed E-state index contributed by atoms with van der Waals surface area (Å²) in [4.78, 5) is 24.6. The average molecular weight is 1040 g/mol. The lowest BCUT2D eigenvalue weighted by molar-refractivity contribution is -0.161. The number of carbonyl (C=O) groups is 2. The number of carbonyl (C=O) groups excluding carboxylic acids is 2. The van der Waals surface area contributed by atoms with Crippen LogP contribution in [0.25, 0.3) is 0 Å². The number of rotatable bonds is 62. The van der Waals surface area contributed by atoms with Crippen molar-refractivity contribution in [3.63, 3.8) is 0 Å². The molecule has 434 valence electrons. The van der Waals surface area contributed by atoms with E-state index in [1.54, 1.807) is 0 Å². The first-order valence-electron chi connectivity index (χ1n) is 33.2. The van der Waals surface area contributed by atoms with Crippen LogP contribution in [0, 0.1) is 0 Å². The van der Waals surface area contributed by atoms with E-state index in [4.69, 9.17) is 9.47 Å². The topological polar surface area (TPSA) is 72.8 Å². The van der Waals surface area contributed by atoms with Crippen LogP contribution in [0.1, 0.15) is 361 Å². The van der Waals surface area contributed by atoms with Gasteiger partial charge >= 0.3 is 11.9 Å². The molecule has 1 atom stereocenters. The Morgan fingerprint density at radius 2 is 0.541 bits per heavy atom. The number of allylic oxidation sites excluding steroid dienone is 8. The Hall–Kier alpha value is -2.14. The van der Waals surface area contributed by atoms with Gasteiger partial charge in [0.15, 0.2) is 6.10 Å². The molecule has 0 fully saturated rings. The predicted molar refractivity (Wildman–Crippen MR) is 325 cm³/mol. The first kappa shape index (κ1) is 71.9. The van der Waals surface area contributed by atoms with Crippen LogP contribution in [0.4, 0.5) is 0 Å². The van der Waals surface area contributed by atoms with Crippen molar-refractivity contribution in [2.75, 3.05) is 13.2 Å². The summed E-state index contributed by atoms with van der Waals surface area (Å²) in [6.45, 7) is 4.18. The minimum Gasteiger partial charge on any atom is -0.462 e. The number of hydrogen-bond acceptors (Lipinski definition) is 5. The van der Waals surface area contributed by atoms with Gasteiger partial charge in [0.2, 0.25) is 0 Å². The second kappa shape index (κ2) is 65.1. The van der Waals surface area contributed by atoms with Crippen LogP contribution in [-0.2, 0) is 19.1 Å². The Morgan fingerprint density at radius 3 is 0.824 bits per heavy atom. The smallest absolute Gasteiger partial charge is 0.306 e. The Morgan fingerprint density at radius 1 is 0.311 bits per heavy atom. The van der Waals surface area contributed by atoms with Crippen molar-refractivity contribution in [3.8, 4) is 0 Å². The van der Waals surface area contributed by atoms with E-state index in [0.29, 0.717) is 12.8 Å². The lowest BCUT2D eigenvalue weighted by Crippen LogP contribution is -2.28. The third-order valence-electron chi connectivity index (χ3n) is 15.1. The molecule has 0 aliphatic carbocycles. The Bertz CT molecular complexity index is 1220. The molecule has 0 aromatic carbocycles. The van der Waals surface area contributed by atoms with Crippen molar-refractivity contribution in [3.05, 3.63) is 48.6 Å². The number of unbranched alkanes of at least 4 members (excludes halogenated alkanes) is 46. The summed E-state index contributed by atoms with van der Waals surface area (Å²) in [7, 11) is 0. The molecule has 1 unspecified atom stereocenters. The predicted octanol–water partition coefficient (Wildman–Crippen LogP) is 22.8. The van der Waals surface area contributed by atoms with E-state index in [1.165, 1.54) is 283 Å². The molecule has 74 heavy (non-hydrogen) atoms. The van der Waals surface area contributed by atoms with Gasteiger partial charge in [-0.15, -0.1) is 0 Å². The standard InChI is InChI=1S/C69H128O5/c1-3-5-7-9-11-13-15-17-19-21-23-25-27-29-31-32-33-34-35-36-38-39-41-43-45-47-49-51-53-55-57-59-61-63-68(71)73-66-67(65-70)74-69(72)64-62-60-58-56-54-52-50-48-46-44-42-40-37-30-28-26-24-22-20-18-16-14-12-10-8-6-4-2/h16,18,21-24,28,30,67,70H,3-15,17,19-20,25-27,29,31-66H2,1-2H3/b18-16-,23-21-,24-22-,30-28-. The molecule has 0 spiro atoms. The van der Waals surface area contributed by atoms with Crippen molar-refractivity contribution >= 4 is 11.9 Å². The maximum Gasteiger partial charge on any atom is 0.306 e. The monoisotopic (exact) mass is 1040 g/mol. The van der Waals surface area contributed by atoms with Gasteiger partial charge in [0.05, 0.1) is 6.61 Å². The number of aliphatic hydroxyl groups is 1. The molecule has 0 aromatic heterocycles. The number of aliphatic hydroxyl groups excluding tert-OH is 1. The zero-order chi connectivity index (χ0) is 53.4. The normalized spacial score (nSPS) is 12.4. The zero-order valence-electron chi connectivity index (χ0n) is 49.9. The summed E-state index contributed by atoms with van der Waals surface area (Å²) in [5, 5.41) is 9.69. The van der Waals surface area contributed by atoms with Gasteiger partial charge < -0.3 is 14.6 Å². The molecular weight excluding hydrogens is 909 g/mol. The second-order valence-corrected chi connectivity index (χ2v) is 22.5. The van der Waals surface area contributed by atoms with Gasteiger partial charge in [0.25, 0.3) is 0 Å². The summed E-state index contributed by atoms with van der Waals surface area (Å²) >= 11 is 0. The maximum absolute atomic E-state index is 12.3. The van der Waals surface area contributed by atoms with E-state index < -0.39 is 6.10 Å². The van der Waals surface area contributed by atoms with Crippen molar-refractivity contribution in [2.45, 2.75) is 367 Å². The van der Waals surface area contributed by atoms with Crippen LogP contribution in [0.5, 0.6) is 0 Å². The van der Waals surface area contributed by atoms with E-state index in [1.807, 2.05) is 0 Å². The average Bonchev–Trinajstić information content (AvgIpc) is 3.40. The zero-order valence-corrected chi connectivity index (χ0v) is 49.9. The molecule has 1 N–H and O–H groups in total. The Labute approximate surface area is 462 Å². The summed E-state index contributed by atoms with van der Waals surface area (Å²) in [5.74, 6) is -0.574. The summed E-state index contributed by atoms with van der Waals surface area (Å²) in [5.41, 5.74) is 0. The van der Waals surface area contributed by atoms with E-state index in [-0.39, 0.29) is 25.2 Å². The van der Waals surface area contributed by atoms with Crippen molar-refractivity contribution in [1.29, 1.82) is 0 Å². The van der Waals surface area contributed by atoms with Crippen molar-refractivity contribution in [2.24, 2.45) is 0 Å². The SMILES string of the molecule is CCCCCCC/C=C\C/C=C\C/C=C\CCCCCCCCCCCCCCC(=O)OC(CO)COC(=O)CCCCCCCCCCCCCCCCCCCCCCC/C=C\CCCCCCCCCC. The minimum absolute atomic E-state index is 0.0628. The number of hydrogen-bond donors (Lipinski definition) is 1. The number of esters is 2. The maximum atomic E-state index is 12.3. The molecule has 0 rings (SSSR count).